The Morgan fingerprint density at radius 3 is 2.71 bits per heavy atom. The van der Waals surface area contributed by atoms with Crippen LogP contribution in [-0.4, -0.2) is 6.54 Å². The van der Waals surface area contributed by atoms with Crippen LogP contribution in [0.3, 0.4) is 0 Å². The SMILES string of the molecule is CCN1/C(=C/c2ccc3cccc(C)c3[n+]2C)Sc2ccccc21. The Morgan fingerprint density at radius 2 is 1.88 bits per heavy atom. The zero-order chi connectivity index (χ0) is 16.7. The molecule has 3 aromatic rings. The molecule has 3 heteroatoms. The zero-order valence-electron chi connectivity index (χ0n) is 14.3. The highest BCUT2D eigenvalue weighted by Crippen LogP contribution is 2.46. The van der Waals surface area contributed by atoms with E-state index in [2.05, 4.69) is 91.0 Å². The van der Waals surface area contributed by atoms with Gasteiger partial charge >= 0.3 is 0 Å². The molecule has 0 N–H and O–H groups in total. The van der Waals surface area contributed by atoms with Crippen LogP contribution < -0.4 is 9.47 Å². The first-order valence-electron chi connectivity index (χ1n) is 8.33. The van der Waals surface area contributed by atoms with Crippen LogP contribution in [0.2, 0.25) is 0 Å². The van der Waals surface area contributed by atoms with E-state index in [9.17, 15) is 0 Å². The van der Waals surface area contributed by atoms with E-state index in [0.717, 1.165) is 6.54 Å². The predicted octanol–water partition coefficient (Wildman–Crippen LogP) is 4.90. The van der Waals surface area contributed by atoms with Crippen molar-refractivity contribution in [2.45, 2.75) is 18.7 Å². The minimum atomic E-state index is 0.978. The molecule has 2 nitrogen and oxygen atoms in total. The summed E-state index contributed by atoms with van der Waals surface area (Å²) in [7, 11) is 2.16. The van der Waals surface area contributed by atoms with Crippen molar-refractivity contribution in [3.8, 4) is 0 Å². The molecule has 2 aromatic carbocycles. The smallest absolute Gasteiger partial charge is 0.215 e. The van der Waals surface area contributed by atoms with Gasteiger partial charge < -0.3 is 4.90 Å². The maximum absolute atomic E-state index is 2.39. The Balaban J connectivity index is 1.83. The maximum atomic E-state index is 2.39. The number of para-hydroxylation sites is 2. The third kappa shape index (κ3) is 2.40. The van der Waals surface area contributed by atoms with Crippen LogP contribution >= 0.6 is 11.8 Å². The molecule has 0 unspecified atom stereocenters. The van der Waals surface area contributed by atoms with Gasteiger partial charge in [0.05, 0.1) is 10.7 Å². The molecule has 1 aliphatic rings. The number of nitrogens with zero attached hydrogens (tertiary/aromatic N) is 2. The number of pyridine rings is 1. The summed E-state index contributed by atoms with van der Waals surface area (Å²) in [5, 5.41) is 2.58. The summed E-state index contributed by atoms with van der Waals surface area (Å²) in [6, 6.07) is 19.6. The topological polar surface area (TPSA) is 7.12 Å². The summed E-state index contributed by atoms with van der Waals surface area (Å²) in [5.41, 5.74) is 5.15. The Bertz CT molecular complexity index is 959. The third-order valence-corrected chi connectivity index (χ3v) is 5.76. The van der Waals surface area contributed by atoms with Gasteiger partial charge in [0.15, 0.2) is 0 Å². The van der Waals surface area contributed by atoms with Crippen LogP contribution in [0, 0.1) is 6.92 Å². The van der Waals surface area contributed by atoms with Gasteiger partial charge in [0, 0.05) is 34.5 Å². The number of thioether (sulfide) groups is 1. The first-order valence-corrected chi connectivity index (χ1v) is 9.15. The second kappa shape index (κ2) is 5.99. The second-order valence-electron chi connectivity index (χ2n) is 6.13. The van der Waals surface area contributed by atoms with Crippen LogP contribution in [0.1, 0.15) is 18.2 Å². The van der Waals surface area contributed by atoms with Gasteiger partial charge in [0.1, 0.15) is 7.05 Å². The fourth-order valence-electron chi connectivity index (χ4n) is 3.45. The lowest BCUT2D eigenvalue weighted by Gasteiger charge is -2.17. The Hall–Kier alpha value is -2.26. The second-order valence-corrected chi connectivity index (χ2v) is 7.19. The maximum Gasteiger partial charge on any atom is 0.215 e. The van der Waals surface area contributed by atoms with Crippen LogP contribution in [0.25, 0.3) is 17.0 Å². The molecule has 0 radical (unpaired) electrons. The van der Waals surface area contributed by atoms with Crippen molar-refractivity contribution in [3.63, 3.8) is 0 Å². The third-order valence-electron chi connectivity index (χ3n) is 4.65. The summed E-state index contributed by atoms with van der Waals surface area (Å²) in [5.74, 6) is 0. The van der Waals surface area contributed by atoms with Crippen molar-refractivity contribution in [1.29, 1.82) is 0 Å². The lowest BCUT2D eigenvalue weighted by Crippen LogP contribution is -2.33. The van der Waals surface area contributed by atoms with Gasteiger partial charge in [-0.3, -0.25) is 0 Å². The summed E-state index contributed by atoms with van der Waals surface area (Å²) in [6.07, 6.45) is 2.31. The summed E-state index contributed by atoms with van der Waals surface area (Å²) >= 11 is 1.86. The zero-order valence-corrected chi connectivity index (χ0v) is 15.1. The lowest BCUT2D eigenvalue weighted by atomic mass is 10.1. The monoisotopic (exact) mass is 333 g/mol. The fraction of sp³-hybridized carbons (Fsp3) is 0.190. The van der Waals surface area contributed by atoms with Gasteiger partial charge in [0.2, 0.25) is 11.2 Å². The number of aromatic nitrogens is 1. The van der Waals surface area contributed by atoms with Crippen LogP contribution in [0.4, 0.5) is 5.69 Å². The number of anilines is 1. The van der Waals surface area contributed by atoms with E-state index in [0.29, 0.717) is 0 Å². The van der Waals surface area contributed by atoms with Gasteiger partial charge in [-0.05, 0) is 38.1 Å². The molecule has 0 spiro atoms. The molecule has 0 saturated heterocycles. The summed E-state index contributed by atoms with van der Waals surface area (Å²) in [6.45, 7) is 5.37. The van der Waals surface area contributed by atoms with Gasteiger partial charge in [-0.2, -0.15) is 4.57 Å². The number of fused-ring (bicyclic) bond motifs is 2. The average Bonchev–Trinajstić information content (AvgIpc) is 2.94. The molecule has 4 rings (SSSR count). The van der Waals surface area contributed by atoms with Crippen LogP contribution in [0.5, 0.6) is 0 Å². The highest BCUT2D eigenvalue weighted by Gasteiger charge is 2.24. The van der Waals surface area contributed by atoms with Gasteiger partial charge in [-0.1, -0.05) is 36.0 Å². The average molecular weight is 333 g/mol. The van der Waals surface area contributed by atoms with Crippen molar-refractivity contribution < 1.29 is 4.57 Å². The molecule has 1 aromatic heterocycles. The Labute approximate surface area is 147 Å². The van der Waals surface area contributed by atoms with Crippen molar-refractivity contribution in [1.82, 2.24) is 0 Å². The number of hydrogen-bond donors (Lipinski definition) is 0. The van der Waals surface area contributed by atoms with Gasteiger partial charge in [-0.15, -0.1) is 0 Å². The lowest BCUT2D eigenvalue weighted by molar-refractivity contribution is -0.647. The first kappa shape index (κ1) is 15.3. The van der Waals surface area contributed by atoms with Gasteiger partial charge in [0.25, 0.3) is 0 Å². The molecule has 0 atom stereocenters. The molecule has 120 valence electrons. The highest BCUT2D eigenvalue weighted by atomic mass is 32.2. The van der Waals surface area contributed by atoms with E-state index < -0.39 is 0 Å². The molecule has 0 saturated carbocycles. The summed E-state index contributed by atoms with van der Waals surface area (Å²) in [4.78, 5) is 3.73. The molecular formula is C21H21N2S+. The molecule has 2 heterocycles. The molecule has 0 aliphatic carbocycles. The van der Waals surface area contributed by atoms with E-state index in [1.54, 1.807) is 0 Å². The largest absolute Gasteiger partial charge is 0.335 e. The molecular weight excluding hydrogens is 312 g/mol. The van der Waals surface area contributed by atoms with Crippen molar-refractivity contribution >= 4 is 34.4 Å². The Morgan fingerprint density at radius 1 is 1.04 bits per heavy atom. The molecule has 0 fully saturated rings. The predicted molar refractivity (Wildman–Crippen MR) is 103 cm³/mol. The van der Waals surface area contributed by atoms with E-state index in [1.165, 1.54) is 37.8 Å². The standard InChI is InChI=1S/C21H21N2S/c1-4-23-18-10-5-6-11-19(18)24-20(23)14-17-13-12-16-9-7-8-15(2)21(16)22(17)3/h5-14H,4H2,1-3H3/q+1. The van der Waals surface area contributed by atoms with Crippen molar-refractivity contribution in [2.75, 3.05) is 11.4 Å². The number of hydrogen-bond acceptors (Lipinski definition) is 2. The number of benzene rings is 2. The van der Waals surface area contributed by atoms with E-state index >= 15 is 0 Å². The highest BCUT2D eigenvalue weighted by molar-refractivity contribution is 8.03. The first-order chi connectivity index (χ1) is 11.7. The molecule has 1 aliphatic heterocycles. The van der Waals surface area contributed by atoms with E-state index in [1.807, 2.05) is 11.8 Å². The van der Waals surface area contributed by atoms with Crippen molar-refractivity contribution in [2.24, 2.45) is 7.05 Å². The summed E-state index contributed by atoms with van der Waals surface area (Å²) < 4.78 is 2.30. The quantitative estimate of drug-likeness (QED) is 0.616. The minimum absolute atomic E-state index is 0.978. The van der Waals surface area contributed by atoms with Crippen molar-refractivity contribution in [3.05, 3.63) is 70.9 Å². The normalized spacial score (nSPS) is 15.3. The minimum Gasteiger partial charge on any atom is -0.335 e. The molecule has 0 amide bonds. The fourth-order valence-corrected chi connectivity index (χ4v) is 4.62. The molecule has 24 heavy (non-hydrogen) atoms. The van der Waals surface area contributed by atoms with Crippen LogP contribution in [-0.2, 0) is 7.05 Å². The molecule has 0 bridgehead atoms. The number of aryl methyl sites for hydroxylation is 2. The Kier molecular flexibility index (Phi) is 3.81. The number of rotatable bonds is 2. The van der Waals surface area contributed by atoms with E-state index in [-0.39, 0.29) is 0 Å². The van der Waals surface area contributed by atoms with Gasteiger partial charge in [-0.25, -0.2) is 0 Å². The van der Waals surface area contributed by atoms with Crippen LogP contribution in [0.15, 0.2) is 64.5 Å². The van der Waals surface area contributed by atoms with E-state index in [4.69, 9.17) is 0 Å².